The summed E-state index contributed by atoms with van der Waals surface area (Å²) in [6.45, 7) is 3.78. The highest BCUT2D eigenvalue weighted by Gasteiger charge is 2.12. The summed E-state index contributed by atoms with van der Waals surface area (Å²) in [6, 6.07) is 19.9. The van der Waals surface area contributed by atoms with E-state index in [2.05, 4.69) is 0 Å². The summed E-state index contributed by atoms with van der Waals surface area (Å²) in [5, 5.41) is 0.670. The third kappa shape index (κ3) is 6.86. The first-order valence-electron chi connectivity index (χ1n) is 10.3. The Morgan fingerprint density at radius 3 is 2.31 bits per heavy atom. The predicted octanol–water partition coefficient (Wildman–Crippen LogP) is 5.73. The fourth-order valence-electron chi connectivity index (χ4n) is 3.15. The van der Waals surface area contributed by atoms with Crippen molar-refractivity contribution in [1.82, 2.24) is 0 Å². The molecule has 0 saturated carbocycles. The molecule has 0 fully saturated rings. The molecule has 32 heavy (non-hydrogen) atoms. The lowest BCUT2D eigenvalue weighted by Gasteiger charge is -2.10. The molecule has 0 aliphatic carbocycles. The molecule has 6 heteroatoms. The molecule has 0 atom stereocenters. The Morgan fingerprint density at radius 1 is 0.875 bits per heavy atom. The molecule has 0 radical (unpaired) electrons. The van der Waals surface area contributed by atoms with E-state index in [0.717, 1.165) is 24.0 Å². The average molecular weight is 453 g/mol. The average Bonchev–Trinajstić information content (AvgIpc) is 2.79. The van der Waals surface area contributed by atoms with Crippen LogP contribution in [-0.4, -0.2) is 25.2 Å². The fourth-order valence-corrected chi connectivity index (χ4v) is 3.26. The van der Waals surface area contributed by atoms with Gasteiger partial charge in [0.2, 0.25) is 0 Å². The molecule has 3 aromatic rings. The second-order valence-electron chi connectivity index (χ2n) is 7.39. The van der Waals surface area contributed by atoms with Crippen LogP contribution in [0.25, 0.3) is 0 Å². The lowest BCUT2D eigenvalue weighted by Crippen LogP contribution is -2.18. The molecule has 0 N–H and O–H groups in total. The number of benzene rings is 3. The summed E-state index contributed by atoms with van der Waals surface area (Å²) in [5.41, 5.74) is 3.25. The van der Waals surface area contributed by atoms with E-state index >= 15 is 0 Å². The molecule has 0 aliphatic heterocycles. The molecule has 0 heterocycles. The van der Waals surface area contributed by atoms with Gasteiger partial charge in [-0.15, -0.1) is 0 Å². The van der Waals surface area contributed by atoms with Crippen LogP contribution < -0.4 is 9.47 Å². The lowest BCUT2D eigenvalue weighted by atomic mass is 10.1. The van der Waals surface area contributed by atoms with E-state index in [1.807, 2.05) is 44.2 Å². The number of hydrogen-bond donors (Lipinski definition) is 0. The largest absolute Gasteiger partial charge is 0.482 e. The van der Waals surface area contributed by atoms with Crippen molar-refractivity contribution in [2.75, 3.05) is 13.2 Å². The molecular formula is C26H25ClO5. The number of halogens is 1. The Hall–Kier alpha value is -3.31. The van der Waals surface area contributed by atoms with Gasteiger partial charge >= 0.3 is 11.9 Å². The number of carbonyl (C=O) groups is 2. The SMILES string of the molecule is Cc1cc(OCC(=O)Oc2cccc(C(=O)OCCCc3ccccc3)c2)cc(C)c1Cl. The summed E-state index contributed by atoms with van der Waals surface area (Å²) < 4.78 is 16.1. The van der Waals surface area contributed by atoms with E-state index in [1.54, 1.807) is 30.3 Å². The highest BCUT2D eigenvalue weighted by Crippen LogP contribution is 2.26. The van der Waals surface area contributed by atoms with Gasteiger partial charge < -0.3 is 14.2 Å². The molecule has 166 valence electrons. The van der Waals surface area contributed by atoms with Crippen LogP contribution in [0, 0.1) is 13.8 Å². The first-order valence-corrected chi connectivity index (χ1v) is 10.7. The maximum atomic E-state index is 12.3. The minimum absolute atomic E-state index is 0.251. The zero-order valence-corrected chi connectivity index (χ0v) is 18.9. The first-order chi connectivity index (χ1) is 15.4. The fraction of sp³-hybridized carbons (Fsp3) is 0.231. The van der Waals surface area contributed by atoms with Crippen molar-refractivity contribution in [2.45, 2.75) is 26.7 Å². The minimum Gasteiger partial charge on any atom is -0.482 e. The van der Waals surface area contributed by atoms with Crippen molar-refractivity contribution < 1.29 is 23.8 Å². The van der Waals surface area contributed by atoms with Gasteiger partial charge in [-0.1, -0.05) is 48.0 Å². The topological polar surface area (TPSA) is 61.8 Å². The first kappa shape index (κ1) is 23.4. The molecule has 0 aliphatic rings. The third-order valence-corrected chi connectivity index (χ3v) is 5.35. The van der Waals surface area contributed by atoms with Crippen molar-refractivity contribution in [3.8, 4) is 11.5 Å². The summed E-state index contributed by atoms with van der Waals surface area (Å²) in [7, 11) is 0. The molecule has 0 spiro atoms. The molecule has 0 saturated heterocycles. The van der Waals surface area contributed by atoms with Gasteiger partial charge in [0.05, 0.1) is 12.2 Å². The second kappa shape index (κ2) is 11.3. The van der Waals surface area contributed by atoms with Gasteiger partial charge in [0, 0.05) is 5.02 Å². The van der Waals surface area contributed by atoms with Crippen LogP contribution >= 0.6 is 11.6 Å². The summed E-state index contributed by atoms with van der Waals surface area (Å²) in [6.07, 6.45) is 1.56. The summed E-state index contributed by atoms with van der Waals surface area (Å²) in [4.78, 5) is 24.5. The lowest BCUT2D eigenvalue weighted by molar-refractivity contribution is -0.136. The van der Waals surface area contributed by atoms with E-state index in [1.165, 1.54) is 11.6 Å². The number of rotatable bonds is 9. The number of ether oxygens (including phenoxy) is 3. The van der Waals surface area contributed by atoms with Gasteiger partial charge in [-0.2, -0.15) is 0 Å². The van der Waals surface area contributed by atoms with Gasteiger partial charge in [-0.25, -0.2) is 9.59 Å². The standard InChI is InChI=1S/C26H25ClO5/c1-18-14-23(15-19(2)25(18)27)31-17-24(28)32-22-12-6-11-21(16-22)26(29)30-13-7-10-20-8-4-3-5-9-20/h3-6,8-9,11-12,14-16H,7,10,13,17H2,1-2H3. The molecule has 3 aromatic carbocycles. The molecule has 0 amide bonds. The van der Waals surface area contributed by atoms with Crippen LogP contribution in [0.2, 0.25) is 5.02 Å². The third-order valence-electron chi connectivity index (χ3n) is 4.75. The Morgan fingerprint density at radius 2 is 1.59 bits per heavy atom. The Labute approximate surface area is 192 Å². The normalized spacial score (nSPS) is 10.5. The molecule has 5 nitrogen and oxygen atoms in total. The number of aryl methyl sites for hydroxylation is 3. The number of hydrogen-bond acceptors (Lipinski definition) is 5. The quantitative estimate of drug-likeness (QED) is 0.235. The van der Waals surface area contributed by atoms with Gasteiger partial charge in [0.25, 0.3) is 0 Å². The van der Waals surface area contributed by atoms with Crippen LogP contribution in [0.3, 0.4) is 0 Å². The molecular weight excluding hydrogens is 428 g/mol. The summed E-state index contributed by atoms with van der Waals surface area (Å²) >= 11 is 6.14. The zero-order chi connectivity index (χ0) is 22.9. The van der Waals surface area contributed by atoms with Crippen molar-refractivity contribution in [1.29, 1.82) is 0 Å². The monoisotopic (exact) mass is 452 g/mol. The van der Waals surface area contributed by atoms with E-state index < -0.39 is 11.9 Å². The number of carbonyl (C=O) groups excluding carboxylic acids is 2. The van der Waals surface area contributed by atoms with Crippen LogP contribution in [-0.2, 0) is 16.0 Å². The van der Waals surface area contributed by atoms with Crippen LogP contribution in [0.5, 0.6) is 11.5 Å². The molecule has 3 rings (SSSR count). The predicted molar refractivity (Wildman–Crippen MR) is 124 cm³/mol. The van der Waals surface area contributed by atoms with E-state index in [9.17, 15) is 9.59 Å². The van der Waals surface area contributed by atoms with Crippen molar-refractivity contribution in [3.05, 3.63) is 94.0 Å². The molecule has 0 bridgehead atoms. The van der Waals surface area contributed by atoms with E-state index in [0.29, 0.717) is 22.9 Å². The molecule has 0 unspecified atom stereocenters. The maximum absolute atomic E-state index is 12.3. The minimum atomic E-state index is -0.580. The number of esters is 2. The van der Waals surface area contributed by atoms with Crippen molar-refractivity contribution >= 4 is 23.5 Å². The summed E-state index contributed by atoms with van der Waals surface area (Å²) in [5.74, 6) is -0.252. The maximum Gasteiger partial charge on any atom is 0.349 e. The highest BCUT2D eigenvalue weighted by atomic mass is 35.5. The van der Waals surface area contributed by atoms with Crippen LogP contribution in [0.4, 0.5) is 0 Å². The van der Waals surface area contributed by atoms with Gasteiger partial charge in [0.15, 0.2) is 6.61 Å². The Balaban J connectivity index is 1.47. The van der Waals surface area contributed by atoms with Gasteiger partial charge in [-0.3, -0.25) is 0 Å². The van der Waals surface area contributed by atoms with Crippen molar-refractivity contribution in [3.63, 3.8) is 0 Å². The highest BCUT2D eigenvalue weighted by molar-refractivity contribution is 6.32. The van der Waals surface area contributed by atoms with E-state index in [-0.39, 0.29) is 12.4 Å². The Kier molecular flexibility index (Phi) is 8.28. The second-order valence-corrected chi connectivity index (χ2v) is 7.76. The zero-order valence-electron chi connectivity index (χ0n) is 18.1. The molecule has 0 aromatic heterocycles. The van der Waals surface area contributed by atoms with Crippen LogP contribution in [0.1, 0.15) is 33.5 Å². The van der Waals surface area contributed by atoms with Gasteiger partial charge in [0.1, 0.15) is 11.5 Å². The Bertz CT molecular complexity index is 1060. The van der Waals surface area contributed by atoms with Crippen LogP contribution in [0.15, 0.2) is 66.7 Å². The van der Waals surface area contributed by atoms with Crippen molar-refractivity contribution in [2.24, 2.45) is 0 Å². The van der Waals surface area contributed by atoms with Gasteiger partial charge in [-0.05, 0) is 73.7 Å². The smallest absolute Gasteiger partial charge is 0.349 e. The van der Waals surface area contributed by atoms with E-state index in [4.69, 9.17) is 25.8 Å².